The minimum Gasteiger partial charge on any atom is -0.465 e. The van der Waals surface area contributed by atoms with Crippen molar-refractivity contribution in [1.29, 1.82) is 0 Å². The number of fused-ring (bicyclic) bond motifs is 1. The maximum atomic E-state index is 11.7. The number of rotatable bonds is 8. The molecule has 1 atom stereocenters. The van der Waals surface area contributed by atoms with Crippen LogP contribution < -0.4 is 5.32 Å². The van der Waals surface area contributed by atoms with Gasteiger partial charge in [-0.3, -0.25) is 4.90 Å². The van der Waals surface area contributed by atoms with Crippen LogP contribution in [-0.4, -0.2) is 57.9 Å². The van der Waals surface area contributed by atoms with E-state index in [1.54, 1.807) is 4.90 Å². The summed E-state index contributed by atoms with van der Waals surface area (Å²) in [6, 6.07) is 16.5. The second-order valence-corrected chi connectivity index (χ2v) is 8.84. The van der Waals surface area contributed by atoms with E-state index in [0.717, 1.165) is 56.4 Å². The van der Waals surface area contributed by atoms with Crippen LogP contribution in [0.4, 0.5) is 10.5 Å². The van der Waals surface area contributed by atoms with Gasteiger partial charge in [-0.25, -0.2) is 4.79 Å². The van der Waals surface area contributed by atoms with Crippen LogP contribution in [0, 0.1) is 0 Å². The van der Waals surface area contributed by atoms with E-state index < -0.39 is 12.2 Å². The van der Waals surface area contributed by atoms with Gasteiger partial charge in [0.1, 0.15) is 0 Å². The lowest BCUT2D eigenvalue weighted by Crippen LogP contribution is -2.39. The lowest BCUT2D eigenvalue weighted by molar-refractivity contribution is 0.114. The topological polar surface area (TPSA) is 76.0 Å². The second kappa shape index (κ2) is 10.2. The van der Waals surface area contributed by atoms with Crippen molar-refractivity contribution < 1.29 is 15.0 Å². The molecule has 0 spiro atoms. The molecule has 0 bridgehead atoms. The third-order valence-electron chi connectivity index (χ3n) is 6.51. The fraction of sp³-hybridized carbons (Fsp3) is 0.480. The van der Waals surface area contributed by atoms with Crippen LogP contribution in [0.2, 0.25) is 0 Å². The van der Waals surface area contributed by atoms with Gasteiger partial charge in [-0.15, -0.1) is 0 Å². The van der Waals surface area contributed by atoms with Gasteiger partial charge in [0.15, 0.2) is 0 Å². The SMILES string of the molecule is O=C(O)N(Cc1cccc(NCC(O)CN2CCc3ccccc3C2)c1)C1CCCC1. The van der Waals surface area contributed by atoms with Gasteiger partial charge in [-0.05, 0) is 48.1 Å². The average Bonchev–Trinajstić information content (AvgIpc) is 3.30. The standard InChI is InChI=1S/C25H33N3O3/c29-24(18-27-13-12-20-7-1-2-8-21(20)17-27)15-26-22-9-5-6-19(14-22)16-28(25(30)31)23-10-3-4-11-23/h1-2,5-9,14,23-24,26,29H,3-4,10-13,15-18H2,(H,30,31). The summed E-state index contributed by atoms with van der Waals surface area (Å²) in [7, 11) is 0. The summed E-state index contributed by atoms with van der Waals surface area (Å²) < 4.78 is 0. The summed E-state index contributed by atoms with van der Waals surface area (Å²) in [5.74, 6) is 0. The molecule has 2 aliphatic rings. The molecule has 1 amide bonds. The Hall–Kier alpha value is -2.57. The Morgan fingerprint density at radius 2 is 1.90 bits per heavy atom. The van der Waals surface area contributed by atoms with E-state index in [-0.39, 0.29) is 6.04 Å². The van der Waals surface area contributed by atoms with E-state index in [4.69, 9.17) is 0 Å². The molecule has 2 aromatic rings. The van der Waals surface area contributed by atoms with Crippen LogP contribution in [-0.2, 0) is 19.5 Å². The molecule has 1 aliphatic heterocycles. The molecule has 3 N–H and O–H groups in total. The van der Waals surface area contributed by atoms with E-state index in [9.17, 15) is 15.0 Å². The molecule has 166 valence electrons. The Balaban J connectivity index is 1.28. The first-order chi connectivity index (χ1) is 15.1. The Bertz CT molecular complexity index is 882. The monoisotopic (exact) mass is 423 g/mol. The molecule has 2 aromatic carbocycles. The highest BCUT2D eigenvalue weighted by Crippen LogP contribution is 2.25. The summed E-state index contributed by atoms with van der Waals surface area (Å²) in [5.41, 5.74) is 4.65. The third-order valence-corrected chi connectivity index (χ3v) is 6.51. The number of hydrogen-bond donors (Lipinski definition) is 3. The number of β-amino-alcohol motifs (C(OH)–C–C–N with tert-alkyl or cyclic N) is 1. The quantitative estimate of drug-likeness (QED) is 0.600. The number of aliphatic hydroxyl groups excluding tert-OH is 1. The molecule has 0 aromatic heterocycles. The molecule has 1 fully saturated rings. The Morgan fingerprint density at radius 3 is 2.68 bits per heavy atom. The molecular weight excluding hydrogens is 390 g/mol. The van der Waals surface area contributed by atoms with Gasteiger partial charge in [0.25, 0.3) is 0 Å². The molecule has 0 saturated heterocycles. The number of anilines is 1. The maximum Gasteiger partial charge on any atom is 0.407 e. The van der Waals surface area contributed by atoms with Gasteiger partial charge < -0.3 is 20.4 Å². The van der Waals surface area contributed by atoms with Crippen molar-refractivity contribution in [3.05, 3.63) is 65.2 Å². The number of carboxylic acid groups (broad SMARTS) is 1. The molecule has 6 nitrogen and oxygen atoms in total. The molecule has 0 radical (unpaired) electrons. The van der Waals surface area contributed by atoms with Crippen molar-refractivity contribution in [2.45, 2.75) is 57.3 Å². The van der Waals surface area contributed by atoms with Crippen molar-refractivity contribution in [3.8, 4) is 0 Å². The van der Waals surface area contributed by atoms with Gasteiger partial charge in [-0.2, -0.15) is 0 Å². The van der Waals surface area contributed by atoms with E-state index >= 15 is 0 Å². The van der Waals surface area contributed by atoms with E-state index in [0.29, 0.717) is 19.6 Å². The van der Waals surface area contributed by atoms with E-state index in [2.05, 4.69) is 34.5 Å². The highest BCUT2D eigenvalue weighted by Gasteiger charge is 2.26. The van der Waals surface area contributed by atoms with Crippen molar-refractivity contribution in [2.24, 2.45) is 0 Å². The molecule has 1 heterocycles. The number of amides is 1. The van der Waals surface area contributed by atoms with Crippen LogP contribution in [0.25, 0.3) is 0 Å². The van der Waals surface area contributed by atoms with Gasteiger partial charge in [0, 0.05) is 44.5 Å². The zero-order chi connectivity index (χ0) is 21.6. The Labute approximate surface area is 184 Å². The van der Waals surface area contributed by atoms with Crippen LogP contribution in [0.3, 0.4) is 0 Å². The number of nitrogens with zero attached hydrogens (tertiary/aromatic N) is 2. The Morgan fingerprint density at radius 1 is 1.13 bits per heavy atom. The molecule has 31 heavy (non-hydrogen) atoms. The Kier molecular flexibility index (Phi) is 7.10. The number of benzene rings is 2. The molecule has 6 heteroatoms. The van der Waals surface area contributed by atoms with Crippen molar-refractivity contribution in [2.75, 3.05) is 25.0 Å². The number of carbonyl (C=O) groups is 1. The van der Waals surface area contributed by atoms with Gasteiger partial charge in [-0.1, -0.05) is 49.2 Å². The number of aliphatic hydroxyl groups is 1. The van der Waals surface area contributed by atoms with E-state index in [1.165, 1.54) is 11.1 Å². The highest BCUT2D eigenvalue weighted by molar-refractivity contribution is 5.65. The minimum absolute atomic E-state index is 0.130. The normalized spacial score (nSPS) is 17.8. The summed E-state index contributed by atoms with van der Waals surface area (Å²) >= 11 is 0. The van der Waals surface area contributed by atoms with Gasteiger partial charge in [0.05, 0.1) is 6.10 Å². The smallest absolute Gasteiger partial charge is 0.407 e. The first kappa shape index (κ1) is 21.7. The van der Waals surface area contributed by atoms with Crippen molar-refractivity contribution in [3.63, 3.8) is 0 Å². The summed E-state index contributed by atoms with van der Waals surface area (Å²) in [5, 5.41) is 23.5. The van der Waals surface area contributed by atoms with E-state index in [1.807, 2.05) is 24.3 Å². The largest absolute Gasteiger partial charge is 0.465 e. The average molecular weight is 424 g/mol. The summed E-state index contributed by atoms with van der Waals surface area (Å²) in [6.45, 7) is 3.36. The molecule has 1 aliphatic carbocycles. The first-order valence-electron chi connectivity index (χ1n) is 11.4. The maximum absolute atomic E-state index is 11.7. The van der Waals surface area contributed by atoms with Crippen LogP contribution in [0.1, 0.15) is 42.4 Å². The van der Waals surface area contributed by atoms with Crippen LogP contribution >= 0.6 is 0 Å². The lowest BCUT2D eigenvalue weighted by atomic mass is 10.00. The third kappa shape index (κ3) is 5.77. The predicted octanol–water partition coefficient (Wildman–Crippen LogP) is 3.94. The zero-order valence-corrected chi connectivity index (χ0v) is 18.0. The number of nitrogens with one attached hydrogen (secondary N) is 1. The second-order valence-electron chi connectivity index (χ2n) is 8.84. The summed E-state index contributed by atoms with van der Waals surface area (Å²) in [6.07, 6.45) is 3.84. The molecule has 4 rings (SSSR count). The van der Waals surface area contributed by atoms with Crippen LogP contribution in [0.15, 0.2) is 48.5 Å². The summed E-state index contributed by atoms with van der Waals surface area (Å²) in [4.78, 5) is 15.6. The van der Waals surface area contributed by atoms with Crippen molar-refractivity contribution in [1.82, 2.24) is 9.80 Å². The van der Waals surface area contributed by atoms with Gasteiger partial charge >= 0.3 is 6.09 Å². The fourth-order valence-corrected chi connectivity index (χ4v) is 4.85. The van der Waals surface area contributed by atoms with Crippen molar-refractivity contribution >= 4 is 11.8 Å². The molecule has 1 unspecified atom stereocenters. The van der Waals surface area contributed by atoms with Gasteiger partial charge in [0.2, 0.25) is 0 Å². The molecule has 1 saturated carbocycles. The minimum atomic E-state index is -0.844. The zero-order valence-electron chi connectivity index (χ0n) is 18.0. The highest BCUT2D eigenvalue weighted by atomic mass is 16.4. The fourth-order valence-electron chi connectivity index (χ4n) is 4.85. The first-order valence-corrected chi connectivity index (χ1v) is 11.4. The molecular formula is C25H33N3O3. The number of hydrogen-bond acceptors (Lipinski definition) is 4. The van der Waals surface area contributed by atoms with Crippen LogP contribution in [0.5, 0.6) is 0 Å². The predicted molar refractivity (Wildman–Crippen MR) is 122 cm³/mol. The lowest BCUT2D eigenvalue weighted by Gasteiger charge is -2.30.